The van der Waals surface area contributed by atoms with E-state index in [0.717, 1.165) is 20.4 Å². The molecule has 0 radical (unpaired) electrons. The Labute approximate surface area is 127 Å². The zero-order valence-electron chi connectivity index (χ0n) is 9.38. The third-order valence-electron chi connectivity index (χ3n) is 2.23. The minimum Gasteiger partial charge on any atom is -0.495 e. The molecule has 0 atom stereocenters. The smallest absolute Gasteiger partial charge is 0.135 e. The van der Waals surface area contributed by atoms with Gasteiger partial charge in [0, 0.05) is 16.7 Å². The summed E-state index contributed by atoms with van der Waals surface area (Å²) in [5.74, 6) is 1.46. The second-order valence-electron chi connectivity index (χ2n) is 3.45. The van der Waals surface area contributed by atoms with Gasteiger partial charge in [0.05, 0.1) is 22.3 Å². The van der Waals surface area contributed by atoms with Gasteiger partial charge >= 0.3 is 0 Å². The van der Waals surface area contributed by atoms with E-state index < -0.39 is 0 Å². The van der Waals surface area contributed by atoms with Crippen LogP contribution in [0.4, 0.5) is 11.5 Å². The fourth-order valence-electron chi connectivity index (χ4n) is 1.37. The first-order valence-electron chi connectivity index (χ1n) is 5.02. The van der Waals surface area contributed by atoms with E-state index >= 15 is 0 Å². The maximum Gasteiger partial charge on any atom is 0.135 e. The van der Waals surface area contributed by atoms with Crippen molar-refractivity contribution in [2.24, 2.45) is 0 Å². The van der Waals surface area contributed by atoms with Crippen molar-refractivity contribution in [2.45, 2.75) is 0 Å². The van der Waals surface area contributed by atoms with Gasteiger partial charge in [-0.2, -0.15) is 0 Å². The Balaban J connectivity index is 2.31. The lowest BCUT2D eigenvalue weighted by Gasteiger charge is -2.11. The molecule has 1 aromatic heterocycles. The first kappa shape index (κ1) is 13.6. The van der Waals surface area contributed by atoms with E-state index in [2.05, 4.69) is 42.2 Å². The van der Waals surface area contributed by atoms with E-state index in [4.69, 9.17) is 16.3 Å². The van der Waals surface area contributed by atoms with Crippen LogP contribution in [0.25, 0.3) is 0 Å². The SMILES string of the molecule is COc1cc(Nc2ccc(Cl)cn2)c(Br)cc1Br. The van der Waals surface area contributed by atoms with Gasteiger partial charge in [0.15, 0.2) is 0 Å². The number of nitrogens with zero attached hydrogens (tertiary/aromatic N) is 1. The summed E-state index contributed by atoms with van der Waals surface area (Å²) in [6.45, 7) is 0. The predicted molar refractivity (Wildman–Crippen MR) is 80.9 cm³/mol. The fraction of sp³-hybridized carbons (Fsp3) is 0.0833. The van der Waals surface area contributed by atoms with Crippen LogP contribution in [-0.4, -0.2) is 12.1 Å². The molecule has 1 heterocycles. The van der Waals surface area contributed by atoms with Gasteiger partial charge in [-0.05, 0) is 50.1 Å². The van der Waals surface area contributed by atoms with Crippen molar-refractivity contribution in [3.8, 4) is 5.75 Å². The van der Waals surface area contributed by atoms with Gasteiger partial charge in [-0.25, -0.2) is 4.98 Å². The molecule has 0 aliphatic rings. The number of nitrogens with one attached hydrogen (secondary N) is 1. The van der Waals surface area contributed by atoms with Gasteiger partial charge in [-0.15, -0.1) is 0 Å². The van der Waals surface area contributed by atoms with E-state index in [9.17, 15) is 0 Å². The largest absolute Gasteiger partial charge is 0.495 e. The van der Waals surface area contributed by atoms with Crippen LogP contribution in [0.5, 0.6) is 5.75 Å². The molecule has 1 N–H and O–H groups in total. The van der Waals surface area contributed by atoms with Crippen LogP contribution >= 0.6 is 43.5 Å². The number of pyridine rings is 1. The molecule has 0 saturated heterocycles. The molecule has 2 rings (SSSR count). The highest BCUT2D eigenvalue weighted by molar-refractivity contribution is 9.11. The van der Waals surface area contributed by atoms with E-state index in [1.54, 1.807) is 19.4 Å². The minimum absolute atomic E-state index is 0.605. The first-order chi connectivity index (χ1) is 8.60. The number of methoxy groups -OCH3 is 1. The lowest BCUT2D eigenvalue weighted by atomic mass is 10.3. The number of halogens is 3. The number of hydrogen-bond donors (Lipinski definition) is 1. The Hall–Kier alpha value is -0.780. The van der Waals surface area contributed by atoms with Crippen molar-refractivity contribution in [2.75, 3.05) is 12.4 Å². The molecule has 0 amide bonds. The van der Waals surface area contributed by atoms with E-state index in [-0.39, 0.29) is 0 Å². The predicted octanol–water partition coefficient (Wildman–Crippen LogP) is 5.01. The number of anilines is 2. The summed E-state index contributed by atoms with van der Waals surface area (Å²) in [6.07, 6.45) is 1.59. The van der Waals surface area contributed by atoms with E-state index in [1.807, 2.05) is 18.2 Å². The average molecular weight is 392 g/mol. The Morgan fingerprint density at radius 1 is 1.22 bits per heavy atom. The molecule has 0 aliphatic heterocycles. The molecular weight excluding hydrogens is 383 g/mol. The van der Waals surface area contributed by atoms with Crippen molar-refractivity contribution in [3.05, 3.63) is 44.4 Å². The maximum atomic E-state index is 5.79. The molecule has 0 aliphatic carbocycles. The van der Waals surface area contributed by atoms with Crippen molar-refractivity contribution in [1.82, 2.24) is 4.98 Å². The Morgan fingerprint density at radius 3 is 2.61 bits per heavy atom. The van der Waals surface area contributed by atoms with Crippen LogP contribution < -0.4 is 10.1 Å². The lowest BCUT2D eigenvalue weighted by Crippen LogP contribution is -1.95. The zero-order chi connectivity index (χ0) is 13.1. The third-order valence-corrected chi connectivity index (χ3v) is 3.73. The molecule has 2 aromatic rings. The van der Waals surface area contributed by atoms with Crippen LogP contribution in [0.3, 0.4) is 0 Å². The molecule has 0 saturated carbocycles. The molecule has 6 heteroatoms. The van der Waals surface area contributed by atoms with Gasteiger partial charge in [0.2, 0.25) is 0 Å². The summed E-state index contributed by atoms with van der Waals surface area (Å²) in [5, 5.41) is 3.79. The van der Waals surface area contributed by atoms with Gasteiger partial charge in [0.25, 0.3) is 0 Å². The van der Waals surface area contributed by atoms with Crippen molar-refractivity contribution in [1.29, 1.82) is 0 Å². The molecule has 0 bridgehead atoms. The Bertz CT molecular complexity index is 561. The molecule has 1 aromatic carbocycles. The summed E-state index contributed by atoms with van der Waals surface area (Å²) in [6, 6.07) is 7.38. The zero-order valence-corrected chi connectivity index (χ0v) is 13.3. The average Bonchev–Trinajstić information content (AvgIpc) is 2.35. The maximum absolute atomic E-state index is 5.79. The van der Waals surface area contributed by atoms with E-state index in [0.29, 0.717) is 10.8 Å². The van der Waals surface area contributed by atoms with Crippen LogP contribution in [0.15, 0.2) is 39.4 Å². The highest BCUT2D eigenvalue weighted by Gasteiger charge is 2.07. The van der Waals surface area contributed by atoms with Crippen molar-refractivity contribution in [3.63, 3.8) is 0 Å². The van der Waals surface area contributed by atoms with Crippen molar-refractivity contribution < 1.29 is 4.74 Å². The molecule has 0 spiro atoms. The van der Waals surface area contributed by atoms with Crippen LogP contribution in [-0.2, 0) is 0 Å². The highest BCUT2D eigenvalue weighted by Crippen LogP contribution is 2.35. The number of aromatic nitrogens is 1. The number of ether oxygens (including phenoxy) is 1. The van der Waals surface area contributed by atoms with Gasteiger partial charge < -0.3 is 10.1 Å². The fourth-order valence-corrected chi connectivity index (χ4v) is 2.74. The molecule has 94 valence electrons. The molecule has 3 nitrogen and oxygen atoms in total. The minimum atomic E-state index is 0.605. The standard InChI is InChI=1S/C12H9Br2ClN2O/c1-18-11-5-10(8(13)4-9(11)14)17-12-3-2-7(15)6-16-12/h2-6H,1H3,(H,16,17). The Morgan fingerprint density at radius 2 is 2.00 bits per heavy atom. The number of rotatable bonds is 3. The van der Waals surface area contributed by atoms with Crippen molar-refractivity contribution >= 4 is 55.0 Å². The van der Waals surface area contributed by atoms with Gasteiger partial charge in [-0.3, -0.25) is 0 Å². The summed E-state index contributed by atoms with van der Waals surface area (Å²) < 4.78 is 7.04. The second kappa shape index (κ2) is 5.91. The molecule has 0 fully saturated rings. The Kier molecular flexibility index (Phi) is 4.48. The monoisotopic (exact) mass is 390 g/mol. The van der Waals surface area contributed by atoms with Crippen LogP contribution in [0.1, 0.15) is 0 Å². The quantitative estimate of drug-likeness (QED) is 0.797. The van der Waals surface area contributed by atoms with Crippen LogP contribution in [0.2, 0.25) is 5.02 Å². The van der Waals surface area contributed by atoms with Gasteiger partial charge in [-0.1, -0.05) is 11.6 Å². The normalized spacial score (nSPS) is 10.2. The highest BCUT2D eigenvalue weighted by atomic mass is 79.9. The molecular formula is C12H9Br2ClN2O. The van der Waals surface area contributed by atoms with Crippen LogP contribution in [0, 0.1) is 0 Å². The number of hydrogen-bond acceptors (Lipinski definition) is 3. The lowest BCUT2D eigenvalue weighted by molar-refractivity contribution is 0.412. The summed E-state index contributed by atoms with van der Waals surface area (Å²) in [7, 11) is 1.62. The summed E-state index contributed by atoms with van der Waals surface area (Å²) in [5.41, 5.74) is 0.866. The van der Waals surface area contributed by atoms with E-state index in [1.165, 1.54) is 0 Å². The first-order valence-corrected chi connectivity index (χ1v) is 6.98. The second-order valence-corrected chi connectivity index (χ2v) is 5.60. The number of benzene rings is 1. The third kappa shape index (κ3) is 3.16. The van der Waals surface area contributed by atoms with Gasteiger partial charge in [0.1, 0.15) is 11.6 Å². The summed E-state index contributed by atoms with van der Waals surface area (Å²) >= 11 is 12.7. The molecule has 18 heavy (non-hydrogen) atoms. The summed E-state index contributed by atoms with van der Waals surface area (Å²) in [4.78, 5) is 4.18. The molecule has 0 unspecified atom stereocenters. The topological polar surface area (TPSA) is 34.1 Å².